The van der Waals surface area contributed by atoms with Gasteiger partial charge in [0.1, 0.15) is 18.1 Å². The van der Waals surface area contributed by atoms with Crippen LogP contribution >= 0.6 is 0 Å². The number of fused-ring (bicyclic) bond motifs is 1. The molecule has 4 heteroatoms. The third-order valence-electron chi connectivity index (χ3n) is 5.52. The number of aliphatic imine (C=N–C) groups is 1. The SMILES string of the molecule is C=CCOc1ccc([C@@H]2C3=C(CCCC3=O)N=C3CCCC(=O)[C@H]32)cc1. The number of carbonyl (C=O) groups excluding carboxylic acids is 2. The van der Waals surface area contributed by atoms with Gasteiger partial charge in [-0.15, -0.1) is 0 Å². The van der Waals surface area contributed by atoms with E-state index in [-0.39, 0.29) is 23.4 Å². The molecular formula is C22H23NO3. The molecule has 0 bridgehead atoms. The first-order valence-electron chi connectivity index (χ1n) is 9.39. The molecule has 1 aromatic carbocycles. The number of ether oxygens (including phenoxy) is 1. The molecule has 3 aliphatic rings. The summed E-state index contributed by atoms with van der Waals surface area (Å²) in [7, 11) is 0. The van der Waals surface area contributed by atoms with Crippen LogP contribution in [0.1, 0.15) is 50.0 Å². The highest BCUT2D eigenvalue weighted by Crippen LogP contribution is 2.46. The van der Waals surface area contributed by atoms with Gasteiger partial charge in [-0.2, -0.15) is 0 Å². The van der Waals surface area contributed by atoms with E-state index < -0.39 is 0 Å². The van der Waals surface area contributed by atoms with Gasteiger partial charge in [0.25, 0.3) is 0 Å². The van der Waals surface area contributed by atoms with Crippen LogP contribution in [0.15, 0.2) is 53.2 Å². The van der Waals surface area contributed by atoms with Crippen molar-refractivity contribution in [2.24, 2.45) is 10.9 Å². The standard InChI is InChI=1S/C22H23NO3/c1-2-13-26-15-11-9-14(10-12-15)20-21-16(5-3-7-18(21)24)23-17-6-4-8-19(25)22(17)20/h2,9-12,20-21H,1,3-8,13H2/t20-,21-/m0/s1. The number of rotatable bonds is 4. The maximum Gasteiger partial charge on any atom is 0.161 e. The van der Waals surface area contributed by atoms with Crippen molar-refractivity contribution in [3.8, 4) is 5.75 Å². The van der Waals surface area contributed by atoms with E-state index in [1.54, 1.807) is 6.08 Å². The van der Waals surface area contributed by atoms with Gasteiger partial charge in [-0.05, 0) is 43.4 Å². The van der Waals surface area contributed by atoms with Crippen molar-refractivity contribution in [2.45, 2.75) is 44.4 Å². The first-order valence-corrected chi connectivity index (χ1v) is 9.39. The van der Waals surface area contributed by atoms with Gasteiger partial charge >= 0.3 is 0 Å². The fraction of sp³-hybridized carbons (Fsp3) is 0.409. The van der Waals surface area contributed by atoms with Gasteiger partial charge < -0.3 is 4.74 Å². The fourth-order valence-corrected chi connectivity index (χ4v) is 4.39. The maximum absolute atomic E-state index is 12.8. The number of hydrogen-bond donors (Lipinski definition) is 0. The molecule has 0 unspecified atom stereocenters. The van der Waals surface area contributed by atoms with Crippen LogP contribution in [0.2, 0.25) is 0 Å². The van der Waals surface area contributed by atoms with Crippen molar-refractivity contribution in [2.75, 3.05) is 6.61 Å². The van der Waals surface area contributed by atoms with E-state index >= 15 is 0 Å². The summed E-state index contributed by atoms with van der Waals surface area (Å²) in [5.74, 6) is 0.676. The normalized spacial score (nSPS) is 25.3. The van der Waals surface area contributed by atoms with E-state index in [1.807, 2.05) is 24.3 Å². The maximum atomic E-state index is 12.8. The van der Waals surface area contributed by atoms with Crippen LogP contribution in [0.4, 0.5) is 0 Å². The molecule has 1 aliphatic heterocycles. The topological polar surface area (TPSA) is 55.7 Å². The van der Waals surface area contributed by atoms with E-state index in [4.69, 9.17) is 9.73 Å². The number of nitrogens with zero attached hydrogens (tertiary/aromatic N) is 1. The molecule has 0 radical (unpaired) electrons. The number of Topliss-reactive ketones (excluding diaryl/α,β-unsaturated/α-hetero) is 2. The van der Waals surface area contributed by atoms with Gasteiger partial charge in [-0.1, -0.05) is 24.8 Å². The Hall–Kier alpha value is -2.49. The second-order valence-electron chi connectivity index (χ2n) is 7.18. The Bertz CT molecular complexity index is 816. The Morgan fingerprint density at radius 2 is 1.81 bits per heavy atom. The Morgan fingerprint density at radius 3 is 2.58 bits per heavy atom. The molecule has 134 valence electrons. The summed E-state index contributed by atoms with van der Waals surface area (Å²) >= 11 is 0. The van der Waals surface area contributed by atoms with Crippen molar-refractivity contribution < 1.29 is 14.3 Å². The van der Waals surface area contributed by atoms with Crippen molar-refractivity contribution in [3.63, 3.8) is 0 Å². The van der Waals surface area contributed by atoms with Gasteiger partial charge in [-0.3, -0.25) is 14.6 Å². The fourth-order valence-electron chi connectivity index (χ4n) is 4.39. The molecule has 0 N–H and O–H groups in total. The third kappa shape index (κ3) is 2.94. The van der Waals surface area contributed by atoms with E-state index in [0.717, 1.165) is 54.0 Å². The van der Waals surface area contributed by atoms with Gasteiger partial charge in [-0.25, -0.2) is 0 Å². The Balaban J connectivity index is 1.76. The van der Waals surface area contributed by atoms with E-state index in [9.17, 15) is 9.59 Å². The smallest absolute Gasteiger partial charge is 0.161 e. The lowest BCUT2D eigenvalue weighted by atomic mass is 9.67. The predicted octanol–water partition coefficient (Wildman–Crippen LogP) is 4.17. The van der Waals surface area contributed by atoms with Crippen LogP contribution in [0, 0.1) is 5.92 Å². The zero-order chi connectivity index (χ0) is 18.1. The monoisotopic (exact) mass is 349 g/mol. The first kappa shape index (κ1) is 17.0. The lowest BCUT2D eigenvalue weighted by molar-refractivity contribution is -0.122. The van der Waals surface area contributed by atoms with E-state index in [1.165, 1.54) is 0 Å². The van der Waals surface area contributed by atoms with Gasteiger partial charge in [0, 0.05) is 35.7 Å². The molecule has 0 amide bonds. The summed E-state index contributed by atoms with van der Waals surface area (Å²) in [5.41, 5.74) is 3.68. The summed E-state index contributed by atoms with van der Waals surface area (Å²) in [5, 5.41) is 0. The van der Waals surface area contributed by atoms with Crippen molar-refractivity contribution in [3.05, 3.63) is 53.8 Å². The first-order chi connectivity index (χ1) is 12.7. The average Bonchev–Trinajstić information content (AvgIpc) is 2.66. The van der Waals surface area contributed by atoms with Crippen LogP contribution in [-0.2, 0) is 9.59 Å². The van der Waals surface area contributed by atoms with Crippen LogP contribution < -0.4 is 4.74 Å². The number of benzene rings is 1. The minimum absolute atomic E-state index is 0.157. The predicted molar refractivity (Wildman–Crippen MR) is 101 cm³/mol. The molecule has 0 aromatic heterocycles. The zero-order valence-corrected chi connectivity index (χ0v) is 14.9. The highest BCUT2D eigenvalue weighted by molar-refractivity contribution is 6.12. The lowest BCUT2D eigenvalue weighted by Gasteiger charge is -2.37. The number of hydrogen-bond acceptors (Lipinski definition) is 4. The third-order valence-corrected chi connectivity index (χ3v) is 5.52. The number of ketones is 2. The summed E-state index contributed by atoms with van der Waals surface area (Å²) in [6.45, 7) is 4.11. The van der Waals surface area contributed by atoms with Gasteiger partial charge in [0.2, 0.25) is 0 Å². The summed E-state index contributed by atoms with van der Waals surface area (Å²) in [6.07, 6.45) is 6.26. The number of allylic oxidation sites excluding steroid dienone is 2. The Kier molecular flexibility index (Phi) is 4.58. The van der Waals surface area contributed by atoms with E-state index in [2.05, 4.69) is 6.58 Å². The van der Waals surface area contributed by atoms with Crippen LogP contribution in [0.25, 0.3) is 0 Å². The highest BCUT2D eigenvalue weighted by atomic mass is 16.5. The zero-order valence-electron chi connectivity index (χ0n) is 14.9. The Labute approximate surface area is 153 Å². The molecule has 2 atom stereocenters. The summed E-state index contributed by atoms with van der Waals surface area (Å²) < 4.78 is 5.57. The highest BCUT2D eigenvalue weighted by Gasteiger charge is 2.44. The molecule has 1 aromatic rings. The average molecular weight is 349 g/mol. The molecule has 26 heavy (non-hydrogen) atoms. The molecule has 1 saturated carbocycles. The van der Waals surface area contributed by atoms with Crippen molar-refractivity contribution in [1.82, 2.24) is 0 Å². The second kappa shape index (κ2) is 7.02. The minimum atomic E-state index is -0.274. The second-order valence-corrected chi connectivity index (χ2v) is 7.18. The summed E-state index contributed by atoms with van der Waals surface area (Å²) in [6, 6.07) is 7.79. The quantitative estimate of drug-likeness (QED) is 0.767. The molecule has 4 rings (SSSR count). The molecule has 1 fully saturated rings. The Morgan fingerprint density at radius 1 is 1.04 bits per heavy atom. The number of carbonyl (C=O) groups is 2. The van der Waals surface area contributed by atoms with E-state index in [0.29, 0.717) is 19.4 Å². The molecule has 1 heterocycles. The van der Waals surface area contributed by atoms with Crippen LogP contribution in [-0.4, -0.2) is 23.9 Å². The summed E-state index contributed by atoms with van der Waals surface area (Å²) in [4.78, 5) is 30.3. The van der Waals surface area contributed by atoms with Crippen molar-refractivity contribution in [1.29, 1.82) is 0 Å². The molecule has 0 saturated heterocycles. The van der Waals surface area contributed by atoms with Gasteiger partial charge in [0.05, 0.1) is 5.92 Å². The van der Waals surface area contributed by atoms with Crippen molar-refractivity contribution >= 4 is 17.3 Å². The molecular weight excluding hydrogens is 326 g/mol. The largest absolute Gasteiger partial charge is 0.490 e. The van der Waals surface area contributed by atoms with Crippen LogP contribution in [0.5, 0.6) is 5.75 Å². The molecule has 4 nitrogen and oxygen atoms in total. The lowest BCUT2D eigenvalue weighted by Crippen LogP contribution is -2.39. The molecule has 0 spiro atoms. The molecule has 2 aliphatic carbocycles. The van der Waals surface area contributed by atoms with Crippen LogP contribution in [0.3, 0.4) is 0 Å². The minimum Gasteiger partial charge on any atom is -0.490 e. The van der Waals surface area contributed by atoms with Gasteiger partial charge in [0.15, 0.2) is 5.78 Å².